The first-order valence-electron chi connectivity index (χ1n) is 11.6. The second-order valence-corrected chi connectivity index (χ2v) is 9.43. The van der Waals surface area contributed by atoms with Crippen LogP contribution in [0.3, 0.4) is 0 Å². The van der Waals surface area contributed by atoms with Gasteiger partial charge in [-0.15, -0.1) is 11.8 Å². The largest absolute Gasteiger partial charge is 0.326 e. The number of unbranched alkanes of at least 4 members (excludes halogenated alkanes) is 1. The van der Waals surface area contributed by atoms with Crippen LogP contribution in [0, 0.1) is 0 Å². The number of hydrogen-bond donors (Lipinski definition) is 1. The van der Waals surface area contributed by atoms with Crippen molar-refractivity contribution >= 4 is 29.3 Å². The van der Waals surface area contributed by atoms with Crippen LogP contribution in [0.25, 0.3) is 0 Å². The van der Waals surface area contributed by atoms with Crippen LogP contribution in [0.1, 0.15) is 52.2 Å². The molecule has 1 heterocycles. The van der Waals surface area contributed by atoms with Gasteiger partial charge in [0.2, 0.25) is 5.91 Å². The molecule has 0 aliphatic carbocycles. The van der Waals surface area contributed by atoms with E-state index < -0.39 is 0 Å². The molecule has 0 bridgehead atoms. The third-order valence-corrected chi connectivity index (χ3v) is 7.20. The molecule has 4 rings (SSSR count). The summed E-state index contributed by atoms with van der Waals surface area (Å²) in [4.78, 5) is 27.1. The highest BCUT2D eigenvalue weighted by Gasteiger charge is 2.32. The van der Waals surface area contributed by atoms with Crippen molar-refractivity contribution in [2.45, 2.75) is 38.0 Å². The van der Waals surface area contributed by atoms with Gasteiger partial charge in [0.1, 0.15) is 5.37 Å². The van der Waals surface area contributed by atoms with E-state index in [1.807, 2.05) is 59.5 Å². The molecular weight excluding hydrogens is 428 g/mol. The number of hydrogen-bond acceptors (Lipinski definition) is 3. The molecule has 3 aromatic rings. The van der Waals surface area contributed by atoms with Gasteiger partial charge in [-0.3, -0.25) is 9.59 Å². The lowest BCUT2D eigenvalue weighted by Gasteiger charge is -2.24. The Morgan fingerprint density at radius 3 is 2.33 bits per heavy atom. The lowest BCUT2D eigenvalue weighted by atomic mass is 10.1. The van der Waals surface area contributed by atoms with Crippen molar-refractivity contribution < 1.29 is 9.59 Å². The first kappa shape index (κ1) is 23.1. The SMILES string of the molecule is CCCCc1ccc(NC(=O)c2ccc([C@H]3SCC(=O)N3CCc3ccccc3)cc2)cc1. The molecular formula is C28H30N2O2S. The third kappa shape index (κ3) is 6.05. The fraction of sp³-hybridized carbons (Fsp3) is 0.286. The number of anilines is 1. The average molecular weight is 459 g/mol. The summed E-state index contributed by atoms with van der Waals surface area (Å²) in [6.45, 7) is 2.88. The van der Waals surface area contributed by atoms with Gasteiger partial charge in [0, 0.05) is 17.8 Å². The maximum Gasteiger partial charge on any atom is 0.255 e. The summed E-state index contributed by atoms with van der Waals surface area (Å²) in [6, 6.07) is 25.9. The molecule has 1 aliphatic heterocycles. The lowest BCUT2D eigenvalue weighted by molar-refractivity contribution is -0.128. The summed E-state index contributed by atoms with van der Waals surface area (Å²) in [5, 5.41) is 2.97. The number of carbonyl (C=O) groups is 2. The molecule has 0 spiro atoms. The number of aryl methyl sites for hydroxylation is 1. The normalized spacial score (nSPS) is 15.6. The van der Waals surface area contributed by atoms with E-state index in [1.165, 1.54) is 24.0 Å². The topological polar surface area (TPSA) is 49.4 Å². The van der Waals surface area contributed by atoms with Crippen molar-refractivity contribution in [2.24, 2.45) is 0 Å². The van der Waals surface area contributed by atoms with E-state index in [1.54, 1.807) is 11.8 Å². The lowest BCUT2D eigenvalue weighted by Crippen LogP contribution is -2.30. The van der Waals surface area contributed by atoms with Crippen LogP contribution in [0.4, 0.5) is 5.69 Å². The van der Waals surface area contributed by atoms with Crippen LogP contribution in [-0.2, 0) is 17.6 Å². The first-order chi connectivity index (χ1) is 16.1. The number of benzene rings is 3. The first-order valence-corrected chi connectivity index (χ1v) is 12.6. The fourth-order valence-corrected chi connectivity index (χ4v) is 5.22. The van der Waals surface area contributed by atoms with Crippen molar-refractivity contribution in [3.05, 3.63) is 101 Å². The molecule has 0 saturated carbocycles. The second kappa shape index (κ2) is 11.2. The monoisotopic (exact) mass is 458 g/mol. The summed E-state index contributed by atoms with van der Waals surface area (Å²) in [7, 11) is 0. The molecule has 33 heavy (non-hydrogen) atoms. The fourth-order valence-electron chi connectivity index (χ4n) is 4.00. The van der Waals surface area contributed by atoms with Gasteiger partial charge in [-0.25, -0.2) is 0 Å². The van der Waals surface area contributed by atoms with Crippen molar-refractivity contribution in [1.29, 1.82) is 0 Å². The molecule has 1 atom stereocenters. The van der Waals surface area contributed by atoms with Crippen LogP contribution < -0.4 is 5.32 Å². The molecule has 0 radical (unpaired) electrons. The van der Waals surface area contributed by atoms with Crippen LogP contribution in [0.2, 0.25) is 0 Å². The quantitative estimate of drug-likeness (QED) is 0.422. The minimum absolute atomic E-state index is 0.00557. The Balaban J connectivity index is 1.37. The highest BCUT2D eigenvalue weighted by atomic mass is 32.2. The van der Waals surface area contributed by atoms with Crippen molar-refractivity contribution in [3.63, 3.8) is 0 Å². The average Bonchev–Trinajstić information content (AvgIpc) is 3.23. The van der Waals surface area contributed by atoms with Crippen molar-refractivity contribution in [3.8, 4) is 0 Å². The predicted octanol–water partition coefficient (Wildman–Crippen LogP) is 6.10. The Morgan fingerprint density at radius 1 is 0.939 bits per heavy atom. The molecule has 0 aromatic heterocycles. The molecule has 0 unspecified atom stereocenters. The van der Waals surface area contributed by atoms with Crippen molar-refractivity contribution in [1.82, 2.24) is 4.90 Å². The summed E-state index contributed by atoms with van der Waals surface area (Å²) >= 11 is 1.65. The zero-order valence-corrected chi connectivity index (χ0v) is 19.8. The Morgan fingerprint density at radius 2 is 1.64 bits per heavy atom. The van der Waals surface area contributed by atoms with Gasteiger partial charge in [-0.05, 0) is 60.2 Å². The Labute approximate surface area is 200 Å². The molecule has 1 saturated heterocycles. The Bertz CT molecular complexity index is 1070. The summed E-state index contributed by atoms with van der Waals surface area (Å²) in [6.07, 6.45) is 4.25. The summed E-state index contributed by atoms with van der Waals surface area (Å²) < 4.78 is 0. The van der Waals surface area contributed by atoms with Gasteiger partial charge < -0.3 is 10.2 Å². The van der Waals surface area contributed by atoms with Gasteiger partial charge in [0.15, 0.2) is 0 Å². The standard InChI is InChI=1S/C28H30N2O2S/c1-2-3-7-22-10-16-25(17-11-22)29-27(32)23-12-14-24(15-13-23)28-30(26(31)20-33-28)19-18-21-8-5-4-6-9-21/h4-6,8-17,28H,2-3,7,18-20H2,1H3,(H,29,32)/t28-/m1/s1. The highest BCUT2D eigenvalue weighted by Crippen LogP contribution is 2.38. The maximum atomic E-state index is 12.7. The highest BCUT2D eigenvalue weighted by molar-refractivity contribution is 8.00. The number of thioether (sulfide) groups is 1. The minimum Gasteiger partial charge on any atom is -0.326 e. The molecule has 2 amide bonds. The summed E-state index contributed by atoms with van der Waals surface area (Å²) in [5.41, 5.74) is 4.98. The third-order valence-electron chi connectivity index (χ3n) is 5.94. The molecule has 4 nitrogen and oxygen atoms in total. The van der Waals surface area contributed by atoms with E-state index in [0.717, 1.165) is 24.1 Å². The maximum absolute atomic E-state index is 12.7. The van der Waals surface area contributed by atoms with Gasteiger partial charge in [-0.2, -0.15) is 0 Å². The minimum atomic E-state index is -0.126. The predicted molar refractivity (Wildman–Crippen MR) is 137 cm³/mol. The molecule has 1 aliphatic rings. The van der Waals surface area contributed by atoms with E-state index in [0.29, 0.717) is 17.9 Å². The molecule has 170 valence electrons. The molecule has 1 N–H and O–H groups in total. The smallest absolute Gasteiger partial charge is 0.255 e. The number of nitrogens with zero attached hydrogens (tertiary/aromatic N) is 1. The molecule has 5 heteroatoms. The zero-order chi connectivity index (χ0) is 23.0. The van der Waals surface area contributed by atoms with E-state index in [2.05, 4.69) is 36.5 Å². The molecule has 1 fully saturated rings. The van der Waals surface area contributed by atoms with E-state index in [4.69, 9.17) is 0 Å². The van der Waals surface area contributed by atoms with Gasteiger partial charge in [-0.1, -0.05) is 67.9 Å². The Kier molecular flexibility index (Phi) is 7.84. The van der Waals surface area contributed by atoms with E-state index in [9.17, 15) is 9.59 Å². The Hall–Kier alpha value is -3.05. The van der Waals surface area contributed by atoms with Gasteiger partial charge in [0.05, 0.1) is 5.75 Å². The van der Waals surface area contributed by atoms with Crippen LogP contribution in [0.15, 0.2) is 78.9 Å². The number of rotatable bonds is 9. The van der Waals surface area contributed by atoms with Gasteiger partial charge >= 0.3 is 0 Å². The van der Waals surface area contributed by atoms with Gasteiger partial charge in [0.25, 0.3) is 5.91 Å². The zero-order valence-electron chi connectivity index (χ0n) is 19.0. The van der Waals surface area contributed by atoms with Crippen LogP contribution in [0.5, 0.6) is 0 Å². The number of nitrogens with one attached hydrogen (secondary N) is 1. The van der Waals surface area contributed by atoms with Crippen molar-refractivity contribution in [2.75, 3.05) is 17.6 Å². The molecule has 3 aromatic carbocycles. The number of amides is 2. The number of carbonyl (C=O) groups excluding carboxylic acids is 2. The van der Waals surface area contributed by atoms with Crippen LogP contribution >= 0.6 is 11.8 Å². The van der Waals surface area contributed by atoms with E-state index in [-0.39, 0.29) is 17.2 Å². The van der Waals surface area contributed by atoms with E-state index >= 15 is 0 Å². The van der Waals surface area contributed by atoms with Crippen LogP contribution in [-0.4, -0.2) is 29.0 Å². The summed E-state index contributed by atoms with van der Waals surface area (Å²) in [5.74, 6) is 0.541. The second-order valence-electron chi connectivity index (χ2n) is 8.36.